The van der Waals surface area contributed by atoms with Crippen molar-refractivity contribution < 1.29 is 14.3 Å². The molecule has 2 rings (SSSR count). The molecule has 1 unspecified atom stereocenters. The number of benzene rings is 1. The molecule has 1 amide bonds. The van der Waals surface area contributed by atoms with Gasteiger partial charge in [-0.2, -0.15) is 0 Å². The highest BCUT2D eigenvalue weighted by Gasteiger charge is 2.14. The first-order valence-corrected chi connectivity index (χ1v) is 6.63. The summed E-state index contributed by atoms with van der Waals surface area (Å²) in [7, 11) is 0. The van der Waals surface area contributed by atoms with Crippen molar-refractivity contribution in [3.05, 3.63) is 59.0 Å². The lowest BCUT2D eigenvalue weighted by Gasteiger charge is -2.11. The molecule has 1 heterocycles. The van der Waals surface area contributed by atoms with Crippen LogP contribution in [0.5, 0.6) is 0 Å². The number of furan rings is 1. The van der Waals surface area contributed by atoms with Gasteiger partial charge in [-0.25, -0.2) is 0 Å². The molecule has 0 aliphatic rings. The van der Waals surface area contributed by atoms with Crippen molar-refractivity contribution in [2.75, 3.05) is 6.54 Å². The molecule has 20 heavy (non-hydrogen) atoms. The fraction of sp³-hybridized carbons (Fsp3) is 0.312. The standard InChI is InChI=1S/C16H19NO3/c1-11-8-15(12(2)20-11)16(19)17-10-14(18)9-13-6-4-3-5-7-13/h3-8,14,18H,9-10H2,1-2H3,(H,17,19). The summed E-state index contributed by atoms with van der Waals surface area (Å²) in [4.78, 5) is 12.0. The van der Waals surface area contributed by atoms with Crippen molar-refractivity contribution >= 4 is 5.91 Å². The van der Waals surface area contributed by atoms with E-state index in [-0.39, 0.29) is 12.5 Å². The van der Waals surface area contributed by atoms with Crippen LogP contribution in [0.2, 0.25) is 0 Å². The third-order valence-electron chi connectivity index (χ3n) is 3.10. The summed E-state index contributed by atoms with van der Waals surface area (Å²) in [6.45, 7) is 3.77. The van der Waals surface area contributed by atoms with Crippen molar-refractivity contribution in [1.82, 2.24) is 5.32 Å². The Balaban J connectivity index is 1.86. The quantitative estimate of drug-likeness (QED) is 0.878. The maximum Gasteiger partial charge on any atom is 0.254 e. The minimum atomic E-state index is -0.602. The third kappa shape index (κ3) is 3.71. The molecule has 1 atom stereocenters. The first-order chi connectivity index (χ1) is 9.56. The first-order valence-electron chi connectivity index (χ1n) is 6.63. The van der Waals surface area contributed by atoms with E-state index in [1.54, 1.807) is 19.9 Å². The van der Waals surface area contributed by atoms with Gasteiger partial charge in [-0.3, -0.25) is 4.79 Å². The van der Waals surface area contributed by atoms with E-state index in [1.165, 1.54) is 0 Å². The zero-order chi connectivity index (χ0) is 14.5. The zero-order valence-electron chi connectivity index (χ0n) is 11.7. The third-order valence-corrected chi connectivity index (χ3v) is 3.10. The van der Waals surface area contributed by atoms with E-state index >= 15 is 0 Å². The minimum Gasteiger partial charge on any atom is -0.466 e. The molecule has 0 saturated carbocycles. The molecule has 0 bridgehead atoms. The van der Waals surface area contributed by atoms with Gasteiger partial charge in [-0.05, 0) is 25.5 Å². The highest BCUT2D eigenvalue weighted by Crippen LogP contribution is 2.13. The summed E-state index contributed by atoms with van der Waals surface area (Å²) in [6.07, 6.45) is -0.0838. The maximum absolute atomic E-state index is 12.0. The topological polar surface area (TPSA) is 62.5 Å². The van der Waals surface area contributed by atoms with Crippen LogP contribution in [0.15, 0.2) is 40.8 Å². The summed E-state index contributed by atoms with van der Waals surface area (Å²) >= 11 is 0. The van der Waals surface area contributed by atoms with Crippen LogP contribution in [-0.2, 0) is 6.42 Å². The van der Waals surface area contributed by atoms with Gasteiger partial charge in [0, 0.05) is 13.0 Å². The molecule has 2 N–H and O–H groups in total. The van der Waals surface area contributed by atoms with Gasteiger partial charge in [0.2, 0.25) is 0 Å². The van der Waals surface area contributed by atoms with Gasteiger partial charge in [0.05, 0.1) is 11.7 Å². The summed E-state index contributed by atoms with van der Waals surface area (Å²) in [6, 6.07) is 11.4. The summed E-state index contributed by atoms with van der Waals surface area (Å²) in [5.74, 6) is 1.08. The summed E-state index contributed by atoms with van der Waals surface area (Å²) in [5, 5.41) is 12.7. The lowest BCUT2D eigenvalue weighted by Crippen LogP contribution is -2.33. The molecule has 1 aromatic heterocycles. The Morgan fingerprint density at radius 1 is 1.30 bits per heavy atom. The monoisotopic (exact) mass is 273 g/mol. The molecule has 0 radical (unpaired) electrons. The summed E-state index contributed by atoms with van der Waals surface area (Å²) < 4.78 is 5.31. The zero-order valence-corrected chi connectivity index (χ0v) is 11.7. The van der Waals surface area contributed by atoms with Gasteiger partial charge >= 0.3 is 0 Å². The second kappa shape index (κ2) is 6.39. The minimum absolute atomic E-state index is 0.216. The van der Waals surface area contributed by atoms with Gasteiger partial charge in [0.15, 0.2) is 0 Å². The number of rotatable bonds is 5. The van der Waals surface area contributed by atoms with Crippen LogP contribution in [0.1, 0.15) is 27.4 Å². The number of aliphatic hydroxyl groups is 1. The Hall–Kier alpha value is -2.07. The second-order valence-corrected chi connectivity index (χ2v) is 4.88. The van der Waals surface area contributed by atoms with Crippen LogP contribution in [0.4, 0.5) is 0 Å². The van der Waals surface area contributed by atoms with Gasteiger partial charge in [0.1, 0.15) is 11.5 Å². The Morgan fingerprint density at radius 3 is 2.60 bits per heavy atom. The molecule has 106 valence electrons. The lowest BCUT2D eigenvalue weighted by molar-refractivity contribution is 0.0914. The fourth-order valence-corrected chi connectivity index (χ4v) is 2.12. The van der Waals surface area contributed by atoms with E-state index < -0.39 is 6.10 Å². The first kappa shape index (κ1) is 14.3. The number of amides is 1. The average molecular weight is 273 g/mol. The van der Waals surface area contributed by atoms with Crippen LogP contribution >= 0.6 is 0 Å². The Kier molecular flexibility index (Phi) is 4.58. The number of carbonyl (C=O) groups is 1. The van der Waals surface area contributed by atoms with Crippen LogP contribution in [0.3, 0.4) is 0 Å². The number of aliphatic hydroxyl groups excluding tert-OH is 1. The van der Waals surface area contributed by atoms with Crippen LogP contribution in [-0.4, -0.2) is 23.7 Å². The predicted molar refractivity (Wildman–Crippen MR) is 76.7 cm³/mol. The molecule has 2 aromatic rings. The Morgan fingerprint density at radius 2 is 2.00 bits per heavy atom. The van der Waals surface area contributed by atoms with E-state index in [1.807, 2.05) is 30.3 Å². The molecule has 4 heteroatoms. The van der Waals surface area contributed by atoms with Gasteiger partial charge in [-0.15, -0.1) is 0 Å². The van der Waals surface area contributed by atoms with Crippen molar-refractivity contribution in [2.45, 2.75) is 26.4 Å². The van der Waals surface area contributed by atoms with E-state index in [0.717, 1.165) is 5.56 Å². The normalized spacial score (nSPS) is 12.2. The molecule has 0 spiro atoms. The molecular weight excluding hydrogens is 254 g/mol. The van der Waals surface area contributed by atoms with Crippen LogP contribution in [0.25, 0.3) is 0 Å². The van der Waals surface area contributed by atoms with Crippen molar-refractivity contribution in [2.24, 2.45) is 0 Å². The fourth-order valence-electron chi connectivity index (χ4n) is 2.12. The molecular formula is C16H19NO3. The predicted octanol–water partition coefficient (Wildman–Crippen LogP) is 2.23. The SMILES string of the molecule is Cc1cc(C(=O)NCC(O)Cc2ccccc2)c(C)o1. The Labute approximate surface area is 118 Å². The number of hydrogen-bond acceptors (Lipinski definition) is 3. The van der Waals surface area contributed by atoms with E-state index in [2.05, 4.69) is 5.32 Å². The van der Waals surface area contributed by atoms with Crippen molar-refractivity contribution in [1.29, 1.82) is 0 Å². The number of nitrogens with one attached hydrogen (secondary N) is 1. The van der Waals surface area contributed by atoms with E-state index in [0.29, 0.717) is 23.5 Å². The lowest BCUT2D eigenvalue weighted by atomic mass is 10.1. The second-order valence-electron chi connectivity index (χ2n) is 4.88. The number of aryl methyl sites for hydroxylation is 2. The van der Waals surface area contributed by atoms with Crippen molar-refractivity contribution in [3.8, 4) is 0 Å². The highest BCUT2D eigenvalue weighted by atomic mass is 16.3. The molecule has 1 aromatic carbocycles. The van der Waals surface area contributed by atoms with Gasteiger partial charge < -0.3 is 14.8 Å². The largest absolute Gasteiger partial charge is 0.466 e. The molecule has 0 aliphatic heterocycles. The smallest absolute Gasteiger partial charge is 0.254 e. The number of carbonyl (C=O) groups excluding carboxylic acids is 1. The molecule has 0 fully saturated rings. The Bertz CT molecular complexity index is 575. The van der Waals surface area contributed by atoms with Crippen molar-refractivity contribution in [3.63, 3.8) is 0 Å². The molecule has 0 saturated heterocycles. The van der Waals surface area contributed by atoms with Crippen LogP contribution in [0, 0.1) is 13.8 Å². The van der Waals surface area contributed by atoms with Gasteiger partial charge in [-0.1, -0.05) is 30.3 Å². The van der Waals surface area contributed by atoms with E-state index in [4.69, 9.17) is 4.42 Å². The summed E-state index contributed by atoms with van der Waals surface area (Å²) in [5.41, 5.74) is 1.57. The number of hydrogen-bond donors (Lipinski definition) is 2. The van der Waals surface area contributed by atoms with Crippen LogP contribution < -0.4 is 5.32 Å². The molecule has 0 aliphatic carbocycles. The molecule has 4 nitrogen and oxygen atoms in total. The maximum atomic E-state index is 12.0. The average Bonchev–Trinajstić information content (AvgIpc) is 2.76. The highest BCUT2D eigenvalue weighted by molar-refractivity contribution is 5.95. The van der Waals surface area contributed by atoms with E-state index in [9.17, 15) is 9.90 Å². The van der Waals surface area contributed by atoms with Gasteiger partial charge in [0.25, 0.3) is 5.91 Å².